The lowest BCUT2D eigenvalue weighted by Crippen LogP contribution is -2.21. The summed E-state index contributed by atoms with van der Waals surface area (Å²) in [6.45, 7) is 2.71. The fourth-order valence-electron chi connectivity index (χ4n) is 2.10. The molecule has 2 rings (SSSR count). The molecule has 0 bridgehead atoms. The summed E-state index contributed by atoms with van der Waals surface area (Å²) in [6.07, 6.45) is 0.538. The molecule has 0 aliphatic rings. The van der Waals surface area contributed by atoms with Gasteiger partial charge in [-0.1, -0.05) is 42.5 Å². The van der Waals surface area contributed by atoms with E-state index in [0.717, 1.165) is 23.4 Å². The van der Waals surface area contributed by atoms with Crippen LogP contribution >= 0.6 is 0 Å². The van der Waals surface area contributed by atoms with E-state index >= 15 is 0 Å². The van der Waals surface area contributed by atoms with Gasteiger partial charge >= 0.3 is 0 Å². The number of nitrogens with zero attached hydrogens (tertiary/aromatic N) is 1. The first kappa shape index (κ1) is 13.3. The standard InChI is InChI=1S/C17H19NO/c1-14-8-6-7-11-16(14)17(19)12-13-18(2)15-9-4-3-5-10-15/h3-11H,12-13H2,1-2H3. The first-order valence-corrected chi connectivity index (χ1v) is 6.53. The number of para-hydroxylation sites is 1. The van der Waals surface area contributed by atoms with Crippen LogP contribution in [-0.2, 0) is 0 Å². The number of Topliss-reactive ketones (excluding diaryl/α,β-unsaturated/α-hetero) is 1. The van der Waals surface area contributed by atoms with Crippen molar-refractivity contribution in [2.24, 2.45) is 0 Å². The van der Waals surface area contributed by atoms with Crippen molar-refractivity contribution in [1.29, 1.82) is 0 Å². The summed E-state index contributed by atoms with van der Waals surface area (Å²) < 4.78 is 0. The molecule has 2 heteroatoms. The van der Waals surface area contributed by atoms with E-state index in [-0.39, 0.29) is 5.78 Å². The SMILES string of the molecule is Cc1ccccc1C(=O)CCN(C)c1ccccc1. The van der Waals surface area contributed by atoms with Crippen molar-refractivity contribution in [3.63, 3.8) is 0 Å². The number of hydrogen-bond acceptors (Lipinski definition) is 2. The lowest BCUT2D eigenvalue weighted by Gasteiger charge is -2.18. The Labute approximate surface area is 114 Å². The summed E-state index contributed by atoms with van der Waals surface area (Å²) in [6, 6.07) is 17.9. The number of hydrogen-bond donors (Lipinski definition) is 0. The fraction of sp³-hybridized carbons (Fsp3) is 0.235. The molecule has 0 saturated heterocycles. The Bertz CT molecular complexity index is 548. The van der Waals surface area contributed by atoms with Crippen LogP contribution in [0.1, 0.15) is 22.3 Å². The van der Waals surface area contributed by atoms with E-state index in [0.29, 0.717) is 6.42 Å². The van der Waals surface area contributed by atoms with Gasteiger partial charge in [-0.25, -0.2) is 0 Å². The molecule has 0 heterocycles. The van der Waals surface area contributed by atoms with E-state index in [9.17, 15) is 4.79 Å². The van der Waals surface area contributed by atoms with Crippen LogP contribution in [0.25, 0.3) is 0 Å². The van der Waals surface area contributed by atoms with Gasteiger partial charge in [0.25, 0.3) is 0 Å². The predicted octanol–water partition coefficient (Wildman–Crippen LogP) is 3.70. The maximum absolute atomic E-state index is 12.2. The summed E-state index contributed by atoms with van der Waals surface area (Å²) in [5, 5.41) is 0. The zero-order valence-electron chi connectivity index (χ0n) is 11.5. The van der Waals surface area contributed by atoms with Crippen molar-refractivity contribution in [2.75, 3.05) is 18.5 Å². The Morgan fingerprint density at radius 2 is 1.63 bits per heavy atom. The normalized spacial score (nSPS) is 10.2. The van der Waals surface area contributed by atoms with Crippen molar-refractivity contribution in [2.45, 2.75) is 13.3 Å². The molecule has 0 aromatic heterocycles. The van der Waals surface area contributed by atoms with E-state index in [1.165, 1.54) is 0 Å². The summed E-state index contributed by atoms with van der Waals surface area (Å²) in [7, 11) is 2.01. The van der Waals surface area contributed by atoms with Crippen LogP contribution in [-0.4, -0.2) is 19.4 Å². The molecular formula is C17H19NO. The van der Waals surface area contributed by atoms with E-state index in [1.807, 2.05) is 56.4 Å². The second kappa shape index (κ2) is 6.19. The third-order valence-electron chi connectivity index (χ3n) is 3.32. The minimum Gasteiger partial charge on any atom is -0.374 e. The second-order valence-electron chi connectivity index (χ2n) is 4.75. The van der Waals surface area contributed by atoms with Gasteiger partial charge < -0.3 is 4.90 Å². The van der Waals surface area contributed by atoms with Crippen LogP contribution in [0.3, 0.4) is 0 Å². The highest BCUT2D eigenvalue weighted by Gasteiger charge is 2.09. The molecule has 0 atom stereocenters. The summed E-state index contributed by atoms with van der Waals surface area (Å²) >= 11 is 0. The summed E-state index contributed by atoms with van der Waals surface area (Å²) in [4.78, 5) is 14.3. The lowest BCUT2D eigenvalue weighted by atomic mass is 10.0. The molecular weight excluding hydrogens is 234 g/mol. The van der Waals surface area contributed by atoms with Crippen LogP contribution in [0.4, 0.5) is 5.69 Å². The fourth-order valence-corrected chi connectivity index (χ4v) is 2.10. The zero-order chi connectivity index (χ0) is 13.7. The molecule has 0 unspecified atom stereocenters. The van der Waals surface area contributed by atoms with Gasteiger partial charge in [-0.05, 0) is 24.6 Å². The summed E-state index contributed by atoms with van der Waals surface area (Å²) in [5.74, 6) is 0.209. The highest BCUT2D eigenvalue weighted by molar-refractivity contribution is 5.97. The molecule has 2 aromatic rings. The number of rotatable bonds is 5. The molecule has 0 amide bonds. The molecule has 0 fully saturated rings. The molecule has 98 valence electrons. The van der Waals surface area contributed by atoms with E-state index < -0.39 is 0 Å². The minimum absolute atomic E-state index is 0.209. The highest BCUT2D eigenvalue weighted by atomic mass is 16.1. The average molecular weight is 253 g/mol. The molecule has 19 heavy (non-hydrogen) atoms. The lowest BCUT2D eigenvalue weighted by molar-refractivity contribution is 0.0984. The summed E-state index contributed by atoms with van der Waals surface area (Å²) in [5.41, 5.74) is 3.03. The van der Waals surface area contributed by atoms with E-state index in [4.69, 9.17) is 0 Å². The van der Waals surface area contributed by atoms with E-state index in [2.05, 4.69) is 17.0 Å². The number of anilines is 1. The van der Waals surface area contributed by atoms with Gasteiger partial charge in [0.15, 0.2) is 5.78 Å². The van der Waals surface area contributed by atoms with E-state index in [1.54, 1.807) is 0 Å². The van der Waals surface area contributed by atoms with Gasteiger partial charge in [0.2, 0.25) is 0 Å². The third kappa shape index (κ3) is 3.44. The largest absolute Gasteiger partial charge is 0.374 e. The van der Waals surface area contributed by atoms with Crippen LogP contribution in [0, 0.1) is 6.92 Å². The zero-order valence-corrected chi connectivity index (χ0v) is 11.5. The van der Waals surface area contributed by atoms with Crippen molar-refractivity contribution >= 4 is 11.5 Å². The highest BCUT2D eigenvalue weighted by Crippen LogP contribution is 2.14. The molecule has 0 saturated carbocycles. The number of aryl methyl sites for hydroxylation is 1. The Balaban J connectivity index is 1.96. The van der Waals surface area contributed by atoms with Gasteiger partial charge in [0, 0.05) is 31.3 Å². The molecule has 0 aliphatic heterocycles. The minimum atomic E-state index is 0.209. The number of carbonyl (C=O) groups excluding carboxylic acids is 1. The Morgan fingerprint density at radius 3 is 2.32 bits per heavy atom. The van der Waals surface area contributed by atoms with Gasteiger partial charge in [0.05, 0.1) is 0 Å². The number of benzene rings is 2. The molecule has 0 spiro atoms. The average Bonchev–Trinajstić information content (AvgIpc) is 2.46. The van der Waals surface area contributed by atoms with Gasteiger partial charge in [-0.15, -0.1) is 0 Å². The first-order chi connectivity index (χ1) is 9.18. The topological polar surface area (TPSA) is 20.3 Å². The van der Waals surface area contributed by atoms with Crippen LogP contribution in [0.2, 0.25) is 0 Å². The number of ketones is 1. The number of carbonyl (C=O) groups is 1. The van der Waals surface area contributed by atoms with Crippen LogP contribution < -0.4 is 4.90 Å². The van der Waals surface area contributed by atoms with Crippen molar-refractivity contribution in [3.05, 3.63) is 65.7 Å². The first-order valence-electron chi connectivity index (χ1n) is 6.53. The Hall–Kier alpha value is -2.09. The predicted molar refractivity (Wildman–Crippen MR) is 79.8 cm³/mol. The Kier molecular flexibility index (Phi) is 4.35. The van der Waals surface area contributed by atoms with Gasteiger partial charge in [-0.3, -0.25) is 4.79 Å². The van der Waals surface area contributed by atoms with Crippen LogP contribution in [0.5, 0.6) is 0 Å². The third-order valence-corrected chi connectivity index (χ3v) is 3.32. The second-order valence-corrected chi connectivity index (χ2v) is 4.75. The molecule has 0 N–H and O–H groups in total. The monoisotopic (exact) mass is 253 g/mol. The van der Waals surface area contributed by atoms with Crippen molar-refractivity contribution in [1.82, 2.24) is 0 Å². The quantitative estimate of drug-likeness (QED) is 0.757. The Morgan fingerprint density at radius 1 is 1.00 bits per heavy atom. The maximum atomic E-state index is 12.2. The molecule has 2 aromatic carbocycles. The molecule has 2 nitrogen and oxygen atoms in total. The van der Waals surface area contributed by atoms with Crippen molar-refractivity contribution in [3.8, 4) is 0 Å². The molecule has 0 radical (unpaired) electrons. The maximum Gasteiger partial charge on any atom is 0.164 e. The molecule has 0 aliphatic carbocycles. The van der Waals surface area contributed by atoms with Gasteiger partial charge in [0.1, 0.15) is 0 Å². The van der Waals surface area contributed by atoms with Crippen molar-refractivity contribution < 1.29 is 4.79 Å². The van der Waals surface area contributed by atoms with Gasteiger partial charge in [-0.2, -0.15) is 0 Å². The smallest absolute Gasteiger partial charge is 0.164 e. The van der Waals surface area contributed by atoms with Crippen LogP contribution in [0.15, 0.2) is 54.6 Å².